The summed E-state index contributed by atoms with van der Waals surface area (Å²) in [7, 11) is 0. The van der Waals surface area contributed by atoms with Gasteiger partial charge in [-0.1, -0.05) is 24.3 Å². The van der Waals surface area contributed by atoms with Crippen molar-refractivity contribution >= 4 is 23.5 Å². The van der Waals surface area contributed by atoms with Crippen LogP contribution < -0.4 is 9.80 Å². The molecule has 1 saturated heterocycles. The molecule has 2 heteroatoms. The van der Waals surface area contributed by atoms with Gasteiger partial charge in [0.05, 0.1) is 6.67 Å². The highest BCUT2D eigenvalue weighted by Gasteiger charge is 2.25. The molecule has 0 bridgehead atoms. The fourth-order valence-electron chi connectivity index (χ4n) is 4.51. The van der Waals surface area contributed by atoms with Crippen LogP contribution in [0.3, 0.4) is 0 Å². The average molecular weight is 361 g/mol. The molecule has 1 fully saturated rings. The molecule has 0 N–H and O–H groups in total. The highest BCUT2D eigenvalue weighted by Crippen LogP contribution is 2.33. The van der Waals surface area contributed by atoms with Gasteiger partial charge in [-0.05, 0) is 99.2 Å². The number of benzene rings is 2. The lowest BCUT2D eigenvalue weighted by Gasteiger charge is -2.27. The Bertz CT molecular complexity index is 770. The van der Waals surface area contributed by atoms with Crippen molar-refractivity contribution in [1.29, 1.82) is 0 Å². The van der Waals surface area contributed by atoms with Gasteiger partial charge in [0.25, 0.3) is 0 Å². The van der Waals surface area contributed by atoms with E-state index in [2.05, 4.69) is 99.9 Å². The smallest absolute Gasteiger partial charge is 0.0904 e. The molecule has 0 unspecified atom stereocenters. The zero-order valence-electron chi connectivity index (χ0n) is 17.6. The molecule has 0 radical (unpaired) electrons. The maximum absolute atomic E-state index is 2.53. The molecule has 0 saturated carbocycles. The van der Waals surface area contributed by atoms with Crippen LogP contribution >= 0.6 is 0 Å². The Morgan fingerprint density at radius 3 is 1.26 bits per heavy atom. The van der Waals surface area contributed by atoms with Crippen molar-refractivity contribution in [2.75, 3.05) is 29.6 Å². The van der Waals surface area contributed by atoms with E-state index in [1.54, 1.807) is 0 Å². The van der Waals surface area contributed by atoms with Gasteiger partial charge in [-0.3, -0.25) is 0 Å². The molecule has 0 spiro atoms. The summed E-state index contributed by atoms with van der Waals surface area (Å²) in [5, 5.41) is 0. The molecule has 0 amide bonds. The van der Waals surface area contributed by atoms with Gasteiger partial charge in [0.15, 0.2) is 0 Å². The minimum Gasteiger partial charge on any atom is -0.352 e. The molecule has 1 aliphatic rings. The number of rotatable bonds is 4. The first-order chi connectivity index (χ1) is 12.9. The Morgan fingerprint density at radius 1 is 0.630 bits per heavy atom. The second-order valence-electron chi connectivity index (χ2n) is 7.67. The third-order valence-electron chi connectivity index (χ3n) is 5.36. The lowest BCUT2D eigenvalue weighted by Crippen LogP contribution is -2.27. The quantitative estimate of drug-likeness (QED) is 0.634. The number of aryl methyl sites for hydroxylation is 4. The third-order valence-corrected chi connectivity index (χ3v) is 5.36. The van der Waals surface area contributed by atoms with Gasteiger partial charge < -0.3 is 9.80 Å². The fraction of sp³-hybridized carbons (Fsp3) is 0.360. The zero-order chi connectivity index (χ0) is 19.6. The SMILES string of the molecule is C/C=C/c1cc(C)c(N2CCN(c3c(C)cc(/C=C/C)cc3C)C2)c(C)c1. The first kappa shape index (κ1) is 19.3. The summed E-state index contributed by atoms with van der Waals surface area (Å²) >= 11 is 0. The molecular weight excluding hydrogens is 328 g/mol. The first-order valence-corrected chi connectivity index (χ1v) is 9.92. The van der Waals surface area contributed by atoms with E-state index in [0.29, 0.717) is 0 Å². The molecule has 1 aliphatic heterocycles. The maximum Gasteiger partial charge on any atom is 0.0904 e. The number of hydrogen-bond acceptors (Lipinski definition) is 2. The highest BCUT2D eigenvalue weighted by atomic mass is 15.4. The van der Waals surface area contributed by atoms with Crippen LogP contribution in [0.15, 0.2) is 36.4 Å². The van der Waals surface area contributed by atoms with Crippen molar-refractivity contribution in [3.8, 4) is 0 Å². The van der Waals surface area contributed by atoms with Crippen molar-refractivity contribution in [3.63, 3.8) is 0 Å². The maximum atomic E-state index is 2.53. The lowest BCUT2D eigenvalue weighted by molar-refractivity contribution is 0.931. The molecule has 0 atom stereocenters. The van der Waals surface area contributed by atoms with Crippen LogP contribution in [0.25, 0.3) is 12.2 Å². The van der Waals surface area contributed by atoms with E-state index in [0.717, 1.165) is 19.8 Å². The summed E-state index contributed by atoms with van der Waals surface area (Å²) in [6.45, 7) is 16.2. The van der Waals surface area contributed by atoms with Gasteiger partial charge in [0.2, 0.25) is 0 Å². The number of anilines is 2. The van der Waals surface area contributed by atoms with Crippen LogP contribution in [-0.4, -0.2) is 19.8 Å². The summed E-state index contributed by atoms with van der Waals surface area (Å²) in [6.07, 6.45) is 8.57. The Balaban J connectivity index is 1.88. The van der Waals surface area contributed by atoms with Crippen molar-refractivity contribution in [1.82, 2.24) is 0 Å². The Kier molecular flexibility index (Phi) is 5.74. The Hall–Kier alpha value is -2.48. The largest absolute Gasteiger partial charge is 0.352 e. The van der Waals surface area contributed by atoms with E-state index >= 15 is 0 Å². The van der Waals surface area contributed by atoms with E-state index in [4.69, 9.17) is 0 Å². The van der Waals surface area contributed by atoms with Gasteiger partial charge in [-0.2, -0.15) is 0 Å². The van der Waals surface area contributed by atoms with Gasteiger partial charge in [0.1, 0.15) is 0 Å². The first-order valence-electron chi connectivity index (χ1n) is 9.92. The topological polar surface area (TPSA) is 6.48 Å². The van der Waals surface area contributed by atoms with Gasteiger partial charge in [-0.15, -0.1) is 0 Å². The van der Waals surface area contributed by atoms with Crippen LogP contribution in [0.2, 0.25) is 0 Å². The van der Waals surface area contributed by atoms with E-state index in [9.17, 15) is 0 Å². The fourth-order valence-corrected chi connectivity index (χ4v) is 4.51. The van der Waals surface area contributed by atoms with Crippen molar-refractivity contribution in [2.24, 2.45) is 0 Å². The summed E-state index contributed by atoms with van der Waals surface area (Å²) in [5.41, 5.74) is 10.8. The Morgan fingerprint density at radius 2 is 0.963 bits per heavy atom. The summed E-state index contributed by atoms with van der Waals surface area (Å²) < 4.78 is 0. The average Bonchev–Trinajstić information content (AvgIpc) is 3.03. The second-order valence-corrected chi connectivity index (χ2v) is 7.67. The standard InChI is InChI=1S/C25H32N2/c1-7-9-22-13-18(3)24(19(4)14-22)26-11-12-27(17-26)25-20(5)15-23(10-8-2)16-21(25)6/h7-10,13-16H,11-12,17H2,1-6H3/b9-7+,10-8+. The second kappa shape index (κ2) is 8.04. The van der Waals surface area contributed by atoms with Crippen molar-refractivity contribution < 1.29 is 0 Å². The van der Waals surface area contributed by atoms with E-state index in [1.165, 1.54) is 44.8 Å². The molecule has 1 heterocycles. The molecule has 2 aromatic carbocycles. The highest BCUT2D eigenvalue weighted by molar-refractivity contribution is 5.69. The third kappa shape index (κ3) is 3.95. The lowest BCUT2D eigenvalue weighted by atomic mass is 10.0. The van der Waals surface area contributed by atoms with E-state index in [1.807, 2.05) is 0 Å². The van der Waals surface area contributed by atoms with Crippen molar-refractivity contribution in [2.45, 2.75) is 41.5 Å². The predicted octanol–water partition coefficient (Wildman–Crippen LogP) is 6.27. The molecule has 27 heavy (non-hydrogen) atoms. The Labute approximate surface area is 164 Å². The number of hydrogen-bond donors (Lipinski definition) is 0. The van der Waals surface area contributed by atoms with Gasteiger partial charge >= 0.3 is 0 Å². The van der Waals surface area contributed by atoms with Gasteiger partial charge in [0, 0.05) is 24.5 Å². The van der Waals surface area contributed by atoms with E-state index < -0.39 is 0 Å². The molecule has 142 valence electrons. The molecule has 0 aromatic heterocycles. The predicted molar refractivity (Wildman–Crippen MR) is 121 cm³/mol. The van der Waals surface area contributed by atoms with Crippen LogP contribution in [0.4, 0.5) is 11.4 Å². The minimum absolute atomic E-state index is 0.954. The van der Waals surface area contributed by atoms with Gasteiger partial charge in [-0.25, -0.2) is 0 Å². The molecular formula is C25H32N2. The van der Waals surface area contributed by atoms with Crippen LogP contribution in [0.1, 0.15) is 47.2 Å². The molecule has 2 nitrogen and oxygen atoms in total. The van der Waals surface area contributed by atoms with Crippen molar-refractivity contribution in [3.05, 3.63) is 69.8 Å². The van der Waals surface area contributed by atoms with E-state index in [-0.39, 0.29) is 0 Å². The van der Waals surface area contributed by atoms with Crippen LogP contribution in [0, 0.1) is 27.7 Å². The van der Waals surface area contributed by atoms with Crippen LogP contribution in [-0.2, 0) is 0 Å². The monoisotopic (exact) mass is 360 g/mol. The zero-order valence-corrected chi connectivity index (χ0v) is 17.6. The van der Waals surface area contributed by atoms with Crippen LogP contribution in [0.5, 0.6) is 0 Å². The summed E-state index contributed by atoms with van der Waals surface area (Å²) in [4.78, 5) is 5.06. The molecule has 2 aromatic rings. The minimum atomic E-state index is 0.954. The number of allylic oxidation sites excluding steroid dienone is 2. The molecule has 3 rings (SSSR count). The summed E-state index contributed by atoms with van der Waals surface area (Å²) in [6, 6.07) is 9.20. The molecule has 0 aliphatic carbocycles. The normalized spacial score (nSPS) is 14.9. The summed E-state index contributed by atoms with van der Waals surface area (Å²) in [5.74, 6) is 0. The number of nitrogens with zero attached hydrogens (tertiary/aromatic N) is 2.